The third-order valence-electron chi connectivity index (χ3n) is 2.25. The second-order valence-corrected chi connectivity index (χ2v) is 4.69. The number of nitrogen functional groups attached to an aromatic ring is 1. The molecule has 4 heteroatoms. The van der Waals surface area contributed by atoms with Gasteiger partial charge < -0.3 is 5.73 Å². The molecule has 15 heavy (non-hydrogen) atoms. The lowest BCUT2D eigenvalue weighted by Gasteiger charge is -2.05. The van der Waals surface area contributed by atoms with Crippen LogP contribution in [0, 0.1) is 10.5 Å². The molecule has 0 fully saturated rings. The number of benzene rings is 1. The van der Waals surface area contributed by atoms with E-state index in [0.717, 1.165) is 15.9 Å². The number of anilines is 1. The lowest BCUT2D eigenvalue weighted by atomic mass is 10.1. The fourth-order valence-corrected chi connectivity index (χ4v) is 1.88. The molecule has 0 saturated heterocycles. The molecule has 0 aliphatic carbocycles. The number of hydrogen-bond acceptors (Lipinski definition) is 2. The molecule has 1 aromatic heterocycles. The van der Waals surface area contributed by atoms with Crippen LogP contribution in [-0.2, 0) is 6.54 Å². The van der Waals surface area contributed by atoms with Crippen LogP contribution < -0.4 is 5.73 Å². The summed E-state index contributed by atoms with van der Waals surface area (Å²) in [5.41, 5.74) is 8.36. The van der Waals surface area contributed by atoms with Gasteiger partial charge in [0.1, 0.15) is 5.82 Å². The fourth-order valence-electron chi connectivity index (χ4n) is 1.48. The van der Waals surface area contributed by atoms with Crippen molar-refractivity contribution in [2.24, 2.45) is 0 Å². The van der Waals surface area contributed by atoms with Crippen LogP contribution >= 0.6 is 22.6 Å². The van der Waals surface area contributed by atoms with Gasteiger partial charge in [-0.2, -0.15) is 5.10 Å². The van der Waals surface area contributed by atoms with Crippen molar-refractivity contribution in [2.45, 2.75) is 13.5 Å². The maximum Gasteiger partial charge on any atom is 0.135 e. The highest BCUT2D eigenvalue weighted by atomic mass is 127. The summed E-state index contributed by atoms with van der Waals surface area (Å²) in [6.07, 6.45) is 1.78. The van der Waals surface area contributed by atoms with Gasteiger partial charge in [0.05, 0.1) is 16.3 Å². The molecule has 2 N–H and O–H groups in total. The normalized spacial score (nSPS) is 10.5. The summed E-state index contributed by atoms with van der Waals surface area (Å²) >= 11 is 2.19. The van der Waals surface area contributed by atoms with Gasteiger partial charge in [-0.3, -0.25) is 0 Å². The summed E-state index contributed by atoms with van der Waals surface area (Å²) in [5.74, 6) is 0.733. The first kappa shape index (κ1) is 10.5. The number of aryl methyl sites for hydroxylation is 1. The van der Waals surface area contributed by atoms with Crippen molar-refractivity contribution in [2.75, 3.05) is 5.73 Å². The van der Waals surface area contributed by atoms with Crippen LogP contribution in [0.15, 0.2) is 30.5 Å². The minimum atomic E-state index is 0.733. The van der Waals surface area contributed by atoms with Gasteiger partial charge in [0.2, 0.25) is 0 Å². The van der Waals surface area contributed by atoms with Crippen LogP contribution in [0.5, 0.6) is 0 Å². The quantitative estimate of drug-likeness (QED) is 0.866. The summed E-state index contributed by atoms with van der Waals surface area (Å²) in [4.78, 5) is 0. The summed E-state index contributed by atoms with van der Waals surface area (Å²) in [5, 5.41) is 4.22. The number of nitrogens with two attached hydrogens (primary N) is 1. The zero-order valence-electron chi connectivity index (χ0n) is 8.44. The molecule has 0 radical (unpaired) electrons. The van der Waals surface area contributed by atoms with Gasteiger partial charge in [-0.05, 0) is 35.1 Å². The number of halogens is 1. The maximum atomic E-state index is 5.88. The van der Waals surface area contributed by atoms with Crippen molar-refractivity contribution in [3.8, 4) is 0 Å². The summed E-state index contributed by atoms with van der Waals surface area (Å²) in [7, 11) is 0. The monoisotopic (exact) mass is 313 g/mol. The van der Waals surface area contributed by atoms with Crippen molar-refractivity contribution in [3.05, 3.63) is 45.2 Å². The number of aromatic nitrogens is 2. The van der Waals surface area contributed by atoms with Gasteiger partial charge in [0.15, 0.2) is 0 Å². The third-order valence-corrected chi connectivity index (χ3v) is 3.08. The highest BCUT2D eigenvalue weighted by Gasteiger charge is 2.04. The molecule has 0 unspecified atom stereocenters. The molecule has 0 aliphatic rings. The van der Waals surface area contributed by atoms with Crippen LogP contribution in [0.2, 0.25) is 0 Å². The Morgan fingerprint density at radius 2 is 2.27 bits per heavy atom. The summed E-state index contributed by atoms with van der Waals surface area (Å²) < 4.78 is 2.82. The summed E-state index contributed by atoms with van der Waals surface area (Å²) in [6.45, 7) is 2.82. The molecule has 3 nitrogen and oxygen atoms in total. The highest BCUT2D eigenvalue weighted by molar-refractivity contribution is 14.1. The van der Waals surface area contributed by atoms with Gasteiger partial charge >= 0.3 is 0 Å². The molecule has 0 atom stereocenters. The Bertz CT molecular complexity index is 476. The van der Waals surface area contributed by atoms with Crippen molar-refractivity contribution in [3.63, 3.8) is 0 Å². The largest absolute Gasteiger partial charge is 0.383 e. The zero-order valence-corrected chi connectivity index (χ0v) is 10.6. The molecule has 0 amide bonds. The molecule has 2 aromatic rings. The SMILES string of the molecule is Cc1cccc(Cn2ncc(I)c2N)c1. The molecular weight excluding hydrogens is 301 g/mol. The second kappa shape index (κ2) is 4.22. The molecule has 78 valence electrons. The topological polar surface area (TPSA) is 43.8 Å². The second-order valence-electron chi connectivity index (χ2n) is 3.52. The maximum absolute atomic E-state index is 5.88. The van der Waals surface area contributed by atoms with Crippen LogP contribution in [0.1, 0.15) is 11.1 Å². The predicted octanol–water partition coefficient (Wildman–Crippen LogP) is 2.43. The average Bonchev–Trinajstić information content (AvgIpc) is 2.50. The Morgan fingerprint density at radius 3 is 2.87 bits per heavy atom. The predicted molar refractivity (Wildman–Crippen MR) is 69.6 cm³/mol. The van der Waals surface area contributed by atoms with Crippen LogP contribution in [0.4, 0.5) is 5.82 Å². The van der Waals surface area contributed by atoms with E-state index in [1.165, 1.54) is 11.1 Å². The smallest absolute Gasteiger partial charge is 0.135 e. The number of hydrogen-bond donors (Lipinski definition) is 1. The number of rotatable bonds is 2. The van der Waals surface area contributed by atoms with E-state index in [-0.39, 0.29) is 0 Å². The first-order chi connectivity index (χ1) is 7.16. The van der Waals surface area contributed by atoms with E-state index in [1.54, 1.807) is 6.20 Å². The summed E-state index contributed by atoms with van der Waals surface area (Å²) in [6, 6.07) is 8.37. The Balaban J connectivity index is 2.26. The van der Waals surface area contributed by atoms with Gasteiger partial charge in [-0.1, -0.05) is 29.8 Å². The Hall–Kier alpha value is -1.04. The van der Waals surface area contributed by atoms with Crippen molar-refractivity contribution in [1.29, 1.82) is 0 Å². The van der Waals surface area contributed by atoms with Crippen LogP contribution in [-0.4, -0.2) is 9.78 Å². The molecule has 0 saturated carbocycles. The van der Waals surface area contributed by atoms with E-state index in [2.05, 4.69) is 58.9 Å². The van der Waals surface area contributed by atoms with E-state index >= 15 is 0 Å². The average molecular weight is 313 g/mol. The van der Waals surface area contributed by atoms with Gasteiger partial charge in [-0.25, -0.2) is 4.68 Å². The molecule has 1 aromatic carbocycles. The Morgan fingerprint density at radius 1 is 1.47 bits per heavy atom. The molecular formula is C11H12IN3. The molecule has 0 bridgehead atoms. The van der Waals surface area contributed by atoms with E-state index in [0.29, 0.717) is 0 Å². The lowest BCUT2D eigenvalue weighted by Crippen LogP contribution is -2.06. The Labute approximate surface area is 102 Å². The minimum absolute atomic E-state index is 0.733. The van der Waals surface area contributed by atoms with E-state index in [1.807, 2.05) is 4.68 Å². The van der Waals surface area contributed by atoms with Crippen molar-refractivity contribution < 1.29 is 0 Å². The van der Waals surface area contributed by atoms with Crippen LogP contribution in [0.3, 0.4) is 0 Å². The molecule has 0 aliphatic heterocycles. The standard InChI is InChI=1S/C11H12IN3/c1-8-3-2-4-9(5-8)7-15-11(13)10(12)6-14-15/h2-6H,7,13H2,1H3. The van der Waals surface area contributed by atoms with Crippen molar-refractivity contribution in [1.82, 2.24) is 9.78 Å². The fraction of sp³-hybridized carbons (Fsp3) is 0.182. The zero-order chi connectivity index (χ0) is 10.8. The molecule has 0 spiro atoms. The third kappa shape index (κ3) is 2.31. The molecule has 1 heterocycles. The van der Waals surface area contributed by atoms with Crippen molar-refractivity contribution >= 4 is 28.4 Å². The van der Waals surface area contributed by atoms with Gasteiger partial charge in [0, 0.05) is 0 Å². The van der Waals surface area contributed by atoms with Crippen LogP contribution in [0.25, 0.3) is 0 Å². The van der Waals surface area contributed by atoms with E-state index in [4.69, 9.17) is 5.73 Å². The first-order valence-corrected chi connectivity index (χ1v) is 5.77. The van der Waals surface area contributed by atoms with E-state index in [9.17, 15) is 0 Å². The number of nitrogens with zero attached hydrogens (tertiary/aromatic N) is 2. The lowest BCUT2D eigenvalue weighted by molar-refractivity contribution is 0.696. The Kier molecular flexibility index (Phi) is 2.95. The van der Waals surface area contributed by atoms with Gasteiger partial charge in [-0.15, -0.1) is 0 Å². The highest BCUT2D eigenvalue weighted by Crippen LogP contribution is 2.15. The van der Waals surface area contributed by atoms with E-state index < -0.39 is 0 Å². The first-order valence-electron chi connectivity index (χ1n) is 4.69. The minimum Gasteiger partial charge on any atom is -0.383 e. The van der Waals surface area contributed by atoms with Gasteiger partial charge in [0.25, 0.3) is 0 Å². The molecule has 2 rings (SSSR count).